The normalized spacial score (nSPS) is 15.1. The minimum absolute atomic E-state index is 0.00374. The van der Waals surface area contributed by atoms with Crippen molar-refractivity contribution in [2.45, 2.75) is 32.4 Å². The van der Waals surface area contributed by atoms with E-state index in [2.05, 4.69) is 38.4 Å². The second-order valence-corrected chi connectivity index (χ2v) is 8.11. The lowest BCUT2D eigenvalue weighted by molar-refractivity contribution is -0.119. The highest BCUT2D eigenvalue weighted by Crippen LogP contribution is 2.38. The maximum Gasteiger partial charge on any atom is 0.224 e. The summed E-state index contributed by atoms with van der Waals surface area (Å²) in [4.78, 5) is 11.7. The van der Waals surface area contributed by atoms with Crippen LogP contribution in [0.5, 0.6) is 0 Å². The SMILES string of the molecule is CN/C=C(\C=N)c1ccc2c(c1)C(Nc1ccc(CC(=O)NC)cc1)CCn1nnc(C)c1-2. The fourth-order valence-corrected chi connectivity index (χ4v) is 4.25. The molecule has 0 spiro atoms. The fraction of sp³-hybridized carbons (Fsp3) is 0.280. The minimum Gasteiger partial charge on any atom is -0.393 e. The molecule has 1 aliphatic rings. The van der Waals surface area contributed by atoms with Crippen LogP contribution in [0.25, 0.3) is 16.8 Å². The van der Waals surface area contributed by atoms with Gasteiger partial charge in [-0.1, -0.05) is 29.5 Å². The van der Waals surface area contributed by atoms with Crippen LogP contribution in [0.2, 0.25) is 0 Å². The fourth-order valence-electron chi connectivity index (χ4n) is 4.25. The maximum atomic E-state index is 11.7. The number of nitrogens with zero attached hydrogens (tertiary/aromatic N) is 3. The number of fused-ring (bicyclic) bond motifs is 3. The van der Waals surface area contributed by atoms with Crippen molar-refractivity contribution in [3.05, 3.63) is 71.0 Å². The van der Waals surface area contributed by atoms with Crippen molar-refractivity contribution in [3.8, 4) is 11.3 Å². The Morgan fingerprint density at radius 2 is 2.00 bits per heavy atom. The summed E-state index contributed by atoms with van der Waals surface area (Å²) in [5.41, 5.74) is 7.94. The third-order valence-corrected chi connectivity index (χ3v) is 5.94. The second-order valence-electron chi connectivity index (χ2n) is 8.11. The summed E-state index contributed by atoms with van der Waals surface area (Å²) >= 11 is 0. The molecule has 1 unspecified atom stereocenters. The molecule has 8 heteroatoms. The molecule has 0 saturated heterocycles. The number of hydrogen-bond donors (Lipinski definition) is 4. The average Bonchev–Trinajstić information content (AvgIpc) is 3.12. The summed E-state index contributed by atoms with van der Waals surface area (Å²) in [5.74, 6) is -0.00374. The second kappa shape index (κ2) is 9.68. The molecule has 1 atom stereocenters. The number of rotatable bonds is 7. The Morgan fingerprint density at radius 1 is 1.21 bits per heavy atom. The van der Waals surface area contributed by atoms with Crippen molar-refractivity contribution in [2.75, 3.05) is 19.4 Å². The molecule has 0 aliphatic carbocycles. The van der Waals surface area contributed by atoms with Crippen LogP contribution in [0, 0.1) is 12.3 Å². The van der Waals surface area contributed by atoms with E-state index in [0.29, 0.717) is 6.42 Å². The van der Waals surface area contributed by atoms with E-state index in [1.807, 2.05) is 55.2 Å². The largest absolute Gasteiger partial charge is 0.393 e. The monoisotopic (exact) mass is 443 g/mol. The Labute approximate surface area is 193 Å². The van der Waals surface area contributed by atoms with Crippen LogP contribution in [-0.2, 0) is 17.8 Å². The number of likely N-dealkylation sites (N-methyl/N-ethyl adjacent to an activating group) is 1. The first kappa shape index (κ1) is 22.3. The van der Waals surface area contributed by atoms with Gasteiger partial charge in [0.25, 0.3) is 0 Å². The number of anilines is 1. The molecular formula is C25H29N7O. The number of hydrogen-bond acceptors (Lipinski definition) is 6. The lowest BCUT2D eigenvalue weighted by Crippen LogP contribution is -2.19. The lowest BCUT2D eigenvalue weighted by Gasteiger charge is -2.22. The molecule has 170 valence electrons. The van der Waals surface area contributed by atoms with Gasteiger partial charge in [0.05, 0.1) is 23.9 Å². The molecule has 0 bridgehead atoms. The summed E-state index contributed by atoms with van der Waals surface area (Å²) in [6.07, 6.45) is 4.39. The predicted octanol–water partition coefficient (Wildman–Crippen LogP) is 3.31. The van der Waals surface area contributed by atoms with E-state index in [1.54, 1.807) is 7.05 Å². The molecule has 3 aromatic rings. The summed E-state index contributed by atoms with van der Waals surface area (Å²) in [7, 11) is 3.48. The zero-order chi connectivity index (χ0) is 23.4. The van der Waals surface area contributed by atoms with Gasteiger partial charge in [-0.2, -0.15) is 0 Å². The quantitative estimate of drug-likeness (QED) is 0.419. The van der Waals surface area contributed by atoms with Gasteiger partial charge in [0.1, 0.15) is 0 Å². The number of carbonyl (C=O) groups excluding carboxylic acids is 1. The summed E-state index contributed by atoms with van der Waals surface area (Å²) in [6, 6.07) is 14.3. The molecule has 1 aromatic heterocycles. The maximum absolute atomic E-state index is 11.7. The van der Waals surface area contributed by atoms with Gasteiger partial charge in [-0.3, -0.25) is 4.79 Å². The Morgan fingerprint density at radius 3 is 2.70 bits per heavy atom. The van der Waals surface area contributed by atoms with Crippen LogP contribution in [0.15, 0.2) is 48.7 Å². The third kappa shape index (κ3) is 4.64. The van der Waals surface area contributed by atoms with Crippen LogP contribution in [0.1, 0.15) is 34.8 Å². The van der Waals surface area contributed by atoms with Crippen molar-refractivity contribution < 1.29 is 4.79 Å². The molecular weight excluding hydrogens is 414 g/mol. The van der Waals surface area contributed by atoms with Gasteiger partial charge in [-0.25, -0.2) is 4.68 Å². The zero-order valence-corrected chi connectivity index (χ0v) is 19.1. The van der Waals surface area contributed by atoms with E-state index >= 15 is 0 Å². The van der Waals surface area contributed by atoms with Gasteiger partial charge >= 0.3 is 0 Å². The van der Waals surface area contributed by atoms with Gasteiger partial charge in [0, 0.05) is 49.9 Å². The molecule has 4 rings (SSSR count). The highest BCUT2D eigenvalue weighted by Gasteiger charge is 2.25. The number of benzene rings is 2. The topological polar surface area (TPSA) is 108 Å². The summed E-state index contributed by atoms with van der Waals surface area (Å²) in [5, 5.41) is 25.8. The van der Waals surface area contributed by atoms with Gasteiger partial charge in [-0.05, 0) is 48.2 Å². The van der Waals surface area contributed by atoms with Crippen molar-refractivity contribution >= 4 is 23.4 Å². The Balaban J connectivity index is 1.71. The van der Waals surface area contributed by atoms with Crippen molar-refractivity contribution in [2.24, 2.45) is 0 Å². The summed E-state index contributed by atoms with van der Waals surface area (Å²) < 4.78 is 1.98. The molecule has 0 saturated carbocycles. The highest BCUT2D eigenvalue weighted by molar-refractivity contribution is 6.08. The molecule has 4 N–H and O–H groups in total. The smallest absolute Gasteiger partial charge is 0.224 e. The molecule has 33 heavy (non-hydrogen) atoms. The molecule has 2 aromatic carbocycles. The van der Waals surface area contributed by atoms with E-state index < -0.39 is 0 Å². The van der Waals surface area contributed by atoms with E-state index in [0.717, 1.165) is 57.9 Å². The number of nitrogens with one attached hydrogen (secondary N) is 4. The minimum atomic E-state index is -0.00374. The molecule has 1 aliphatic heterocycles. The molecule has 2 heterocycles. The molecule has 8 nitrogen and oxygen atoms in total. The standard InChI is InChI=1S/C25H29N7O/c1-16-25-21-9-6-18(19(14-26)15-27-2)13-22(21)23(10-11-32(25)31-30-16)29-20-7-4-17(5-8-20)12-24(33)28-3/h4-9,13-15,23,26-27,29H,10-12H2,1-3H3,(H,28,33)/b19-15+,26-14?. The van der Waals surface area contributed by atoms with Gasteiger partial charge in [0.2, 0.25) is 5.91 Å². The Hall–Kier alpha value is -3.94. The first-order chi connectivity index (χ1) is 16.0. The molecule has 1 amide bonds. The number of carbonyl (C=O) groups is 1. The van der Waals surface area contributed by atoms with Crippen molar-refractivity contribution in [1.29, 1.82) is 5.41 Å². The number of aryl methyl sites for hydroxylation is 2. The zero-order valence-electron chi connectivity index (χ0n) is 19.1. The first-order valence-corrected chi connectivity index (χ1v) is 11.0. The average molecular weight is 444 g/mol. The first-order valence-electron chi connectivity index (χ1n) is 11.0. The predicted molar refractivity (Wildman–Crippen MR) is 131 cm³/mol. The van der Waals surface area contributed by atoms with E-state index in [9.17, 15) is 4.79 Å². The molecule has 0 fully saturated rings. The third-order valence-electron chi connectivity index (χ3n) is 5.94. The van der Waals surface area contributed by atoms with Crippen molar-refractivity contribution in [3.63, 3.8) is 0 Å². The number of amides is 1. The van der Waals surface area contributed by atoms with Crippen LogP contribution >= 0.6 is 0 Å². The van der Waals surface area contributed by atoms with Crippen LogP contribution in [-0.4, -0.2) is 41.2 Å². The highest BCUT2D eigenvalue weighted by atomic mass is 16.1. The molecule has 0 radical (unpaired) electrons. The van der Waals surface area contributed by atoms with Gasteiger partial charge < -0.3 is 21.4 Å². The number of allylic oxidation sites excluding steroid dienone is 1. The van der Waals surface area contributed by atoms with E-state index in [4.69, 9.17) is 5.41 Å². The lowest BCUT2D eigenvalue weighted by atomic mass is 9.92. The Kier molecular flexibility index (Phi) is 6.53. The Bertz CT molecular complexity index is 1190. The number of aromatic nitrogens is 3. The van der Waals surface area contributed by atoms with Crippen LogP contribution < -0.4 is 16.0 Å². The van der Waals surface area contributed by atoms with Crippen molar-refractivity contribution in [1.82, 2.24) is 25.6 Å². The van der Waals surface area contributed by atoms with E-state index in [-0.39, 0.29) is 11.9 Å². The van der Waals surface area contributed by atoms with Crippen LogP contribution in [0.4, 0.5) is 5.69 Å². The van der Waals surface area contributed by atoms with Crippen LogP contribution in [0.3, 0.4) is 0 Å². The summed E-state index contributed by atoms with van der Waals surface area (Å²) in [6.45, 7) is 2.73. The van der Waals surface area contributed by atoms with E-state index in [1.165, 1.54) is 6.21 Å². The van der Waals surface area contributed by atoms with Gasteiger partial charge in [-0.15, -0.1) is 5.10 Å². The van der Waals surface area contributed by atoms with Gasteiger partial charge in [0.15, 0.2) is 0 Å².